The molecule has 0 radical (unpaired) electrons. The molecule has 0 saturated carbocycles. The van der Waals surface area contributed by atoms with E-state index >= 15 is 0 Å². The highest BCUT2D eigenvalue weighted by atomic mass is 35.5. The van der Waals surface area contributed by atoms with E-state index in [9.17, 15) is 0 Å². The Hall–Kier alpha value is -2.28. The predicted octanol–water partition coefficient (Wildman–Crippen LogP) is 4.34. The second-order valence-electron chi connectivity index (χ2n) is 7.85. The van der Waals surface area contributed by atoms with Crippen LogP contribution in [0.15, 0.2) is 30.5 Å². The van der Waals surface area contributed by atoms with E-state index in [1.807, 2.05) is 32.2 Å². The summed E-state index contributed by atoms with van der Waals surface area (Å²) in [6.45, 7) is 10.5. The van der Waals surface area contributed by atoms with E-state index in [-0.39, 0.29) is 6.04 Å². The quantitative estimate of drug-likeness (QED) is 0.633. The lowest BCUT2D eigenvalue weighted by atomic mass is 10.0. The van der Waals surface area contributed by atoms with Crippen LogP contribution in [0.1, 0.15) is 35.7 Å². The molecule has 1 aliphatic rings. The van der Waals surface area contributed by atoms with Gasteiger partial charge in [0.1, 0.15) is 11.6 Å². The molecule has 0 unspecified atom stereocenters. The number of hydrogen-bond acceptors (Lipinski definition) is 6. The molecule has 3 heterocycles. The third-order valence-electron chi connectivity index (χ3n) is 5.56. The molecule has 7 heteroatoms. The van der Waals surface area contributed by atoms with Gasteiger partial charge in [-0.3, -0.25) is 9.88 Å². The molecular formula is C23H28ClN5O. The van der Waals surface area contributed by atoms with Gasteiger partial charge in [0.2, 0.25) is 0 Å². The zero-order valence-electron chi connectivity index (χ0n) is 17.8. The monoisotopic (exact) mass is 425 g/mol. The van der Waals surface area contributed by atoms with Crippen LogP contribution < -0.4 is 5.32 Å². The van der Waals surface area contributed by atoms with Gasteiger partial charge in [0, 0.05) is 43.2 Å². The van der Waals surface area contributed by atoms with Crippen molar-refractivity contribution in [1.29, 1.82) is 0 Å². The highest BCUT2D eigenvalue weighted by Crippen LogP contribution is 2.30. The van der Waals surface area contributed by atoms with Gasteiger partial charge in [-0.15, -0.1) is 0 Å². The molecule has 1 N–H and O–H groups in total. The number of hydrogen-bond donors (Lipinski definition) is 1. The van der Waals surface area contributed by atoms with E-state index < -0.39 is 0 Å². The lowest BCUT2D eigenvalue weighted by Crippen LogP contribution is -2.37. The summed E-state index contributed by atoms with van der Waals surface area (Å²) < 4.78 is 5.47. The van der Waals surface area contributed by atoms with Crippen molar-refractivity contribution in [3.05, 3.63) is 58.3 Å². The average Bonchev–Trinajstić information content (AvgIpc) is 2.75. The van der Waals surface area contributed by atoms with Gasteiger partial charge >= 0.3 is 0 Å². The Labute approximate surface area is 182 Å². The summed E-state index contributed by atoms with van der Waals surface area (Å²) >= 11 is 6.58. The summed E-state index contributed by atoms with van der Waals surface area (Å²) in [5.74, 6) is 1.60. The summed E-state index contributed by atoms with van der Waals surface area (Å²) in [6, 6.07) is 8.18. The van der Waals surface area contributed by atoms with Crippen LogP contribution in [0.3, 0.4) is 0 Å². The molecule has 158 valence electrons. The van der Waals surface area contributed by atoms with E-state index in [0.717, 1.165) is 83.7 Å². The molecule has 4 rings (SSSR count). The van der Waals surface area contributed by atoms with E-state index in [1.54, 1.807) is 0 Å². The third-order valence-corrected chi connectivity index (χ3v) is 5.87. The van der Waals surface area contributed by atoms with Crippen LogP contribution in [0.4, 0.5) is 5.82 Å². The summed E-state index contributed by atoms with van der Waals surface area (Å²) in [7, 11) is 0. The van der Waals surface area contributed by atoms with Gasteiger partial charge in [0.05, 0.1) is 35.7 Å². The first-order chi connectivity index (χ1) is 14.5. The molecule has 0 aliphatic carbocycles. The zero-order chi connectivity index (χ0) is 21.1. The molecule has 1 atom stereocenters. The van der Waals surface area contributed by atoms with Gasteiger partial charge in [-0.1, -0.05) is 23.7 Å². The first kappa shape index (κ1) is 21.0. The van der Waals surface area contributed by atoms with Gasteiger partial charge in [0.15, 0.2) is 0 Å². The van der Waals surface area contributed by atoms with Crippen LogP contribution in [0.2, 0.25) is 5.02 Å². The SMILES string of the molecule is Cc1ncc(C)c(N[C@@H](C)c2cc3cccc(Cl)c3c(CCN3CCOCC3)n2)n1. The van der Waals surface area contributed by atoms with Crippen molar-refractivity contribution in [1.82, 2.24) is 19.9 Å². The van der Waals surface area contributed by atoms with Gasteiger partial charge < -0.3 is 10.1 Å². The maximum Gasteiger partial charge on any atom is 0.133 e. The Morgan fingerprint density at radius 2 is 2.00 bits per heavy atom. The van der Waals surface area contributed by atoms with Crippen molar-refractivity contribution in [3.8, 4) is 0 Å². The van der Waals surface area contributed by atoms with Crippen LogP contribution in [0.25, 0.3) is 10.8 Å². The lowest BCUT2D eigenvalue weighted by Gasteiger charge is -2.26. The molecule has 1 aromatic carbocycles. The molecule has 1 saturated heterocycles. The third kappa shape index (κ3) is 4.72. The molecule has 0 amide bonds. The fourth-order valence-corrected chi connectivity index (χ4v) is 4.11. The predicted molar refractivity (Wildman–Crippen MR) is 121 cm³/mol. The van der Waals surface area contributed by atoms with Crippen LogP contribution in [-0.2, 0) is 11.2 Å². The molecule has 0 bridgehead atoms. The number of aromatic nitrogens is 3. The Morgan fingerprint density at radius 1 is 1.20 bits per heavy atom. The number of nitrogens with one attached hydrogen (secondary N) is 1. The maximum atomic E-state index is 6.58. The number of rotatable bonds is 6. The van der Waals surface area contributed by atoms with Crippen LogP contribution in [-0.4, -0.2) is 52.7 Å². The van der Waals surface area contributed by atoms with Crippen LogP contribution >= 0.6 is 11.6 Å². The number of halogens is 1. The number of nitrogens with zero attached hydrogens (tertiary/aromatic N) is 4. The number of benzene rings is 1. The highest BCUT2D eigenvalue weighted by Gasteiger charge is 2.17. The molecule has 1 aliphatic heterocycles. The molecule has 6 nitrogen and oxygen atoms in total. The normalized spacial score (nSPS) is 16.0. The van der Waals surface area contributed by atoms with E-state index in [2.05, 4.69) is 39.2 Å². The molecule has 30 heavy (non-hydrogen) atoms. The molecule has 3 aromatic rings. The number of ether oxygens (including phenoxy) is 1. The van der Waals surface area contributed by atoms with Gasteiger partial charge in [0.25, 0.3) is 0 Å². The smallest absolute Gasteiger partial charge is 0.133 e. The van der Waals surface area contributed by atoms with Crippen molar-refractivity contribution in [2.75, 3.05) is 38.2 Å². The van der Waals surface area contributed by atoms with Crippen molar-refractivity contribution >= 4 is 28.2 Å². The summed E-state index contributed by atoms with van der Waals surface area (Å²) in [4.78, 5) is 16.3. The standard InChI is InChI=1S/C23H28ClN5O/c1-15-14-25-17(3)27-23(15)26-16(2)21-13-18-5-4-6-19(24)22(18)20(28-21)7-8-29-9-11-30-12-10-29/h4-6,13-14,16H,7-12H2,1-3H3,(H,25,26,27)/t16-/m0/s1. The number of aryl methyl sites for hydroxylation is 2. The first-order valence-electron chi connectivity index (χ1n) is 10.5. The Balaban J connectivity index is 1.63. The number of pyridine rings is 1. The van der Waals surface area contributed by atoms with Gasteiger partial charge in [-0.05, 0) is 38.3 Å². The minimum Gasteiger partial charge on any atom is -0.379 e. The largest absolute Gasteiger partial charge is 0.379 e. The number of fused-ring (bicyclic) bond motifs is 1. The van der Waals surface area contributed by atoms with E-state index in [1.165, 1.54) is 0 Å². The summed E-state index contributed by atoms with van der Waals surface area (Å²) in [5, 5.41) is 6.43. The second kappa shape index (κ2) is 9.25. The minimum atomic E-state index is 0.00326. The van der Waals surface area contributed by atoms with E-state index in [0.29, 0.717) is 0 Å². The van der Waals surface area contributed by atoms with Crippen molar-refractivity contribution in [2.24, 2.45) is 0 Å². The number of morpholine rings is 1. The first-order valence-corrected chi connectivity index (χ1v) is 10.8. The molecule has 2 aromatic heterocycles. The zero-order valence-corrected chi connectivity index (χ0v) is 18.5. The minimum absolute atomic E-state index is 0.00326. The van der Waals surface area contributed by atoms with Gasteiger partial charge in [-0.2, -0.15) is 0 Å². The molecule has 0 spiro atoms. The van der Waals surface area contributed by atoms with Crippen molar-refractivity contribution in [2.45, 2.75) is 33.2 Å². The average molecular weight is 426 g/mol. The second-order valence-corrected chi connectivity index (χ2v) is 8.26. The fraction of sp³-hybridized carbons (Fsp3) is 0.435. The highest BCUT2D eigenvalue weighted by molar-refractivity contribution is 6.35. The summed E-state index contributed by atoms with van der Waals surface area (Å²) in [6.07, 6.45) is 2.70. The maximum absolute atomic E-state index is 6.58. The van der Waals surface area contributed by atoms with Crippen molar-refractivity contribution < 1.29 is 4.74 Å². The molecular weight excluding hydrogens is 398 g/mol. The van der Waals surface area contributed by atoms with Crippen LogP contribution in [0.5, 0.6) is 0 Å². The summed E-state index contributed by atoms with van der Waals surface area (Å²) in [5.41, 5.74) is 3.05. The fourth-order valence-electron chi connectivity index (χ4n) is 3.82. The Bertz CT molecular complexity index is 1040. The topological polar surface area (TPSA) is 63.2 Å². The van der Waals surface area contributed by atoms with E-state index in [4.69, 9.17) is 21.3 Å². The molecule has 1 fully saturated rings. The number of anilines is 1. The Morgan fingerprint density at radius 3 is 2.80 bits per heavy atom. The van der Waals surface area contributed by atoms with Crippen LogP contribution in [0, 0.1) is 13.8 Å². The van der Waals surface area contributed by atoms with Gasteiger partial charge in [-0.25, -0.2) is 9.97 Å². The Kier molecular flexibility index (Phi) is 6.46. The lowest BCUT2D eigenvalue weighted by molar-refractivity contribution is 0.0384. The van der Waals surface area contributed by atoms with Crippen molar-refractivity contribution in [3.63, 3.8) is 0 Å².